The van der Waals surface area contributed by atoms with Gasteiger partial charge in [-0.2, -0.15) is 5.26 Å². The maximum absolute atomic E-state index is 12.1. The van der Waals surface area contributed by atoms with Crippen LogP contribution in [-0.2, 0) is 14.6 Å². The number of hydrogen-bond acceptors (Lipinski definition) is 5. The quantitative estimate of drug-likeness (QED) is 0.768. The van der Waals surface area contributed by atoms with Crippen LogP contribution in [0.5, 0.6) is 0 Å². The Labute approximate surface area is 120 Å². The summed E-state index contributed by atoms with van der Waals surface area (Å²) < 4.78 is 29.4. The van der Waals surface area contributed by atoms with Crippen LogP contribution in [0.3, 0.4) is 0 Å². The summed E-state index contributed by atoms with van der Waals surface area (Å²) in [5.41, 5.74) is 0.127. The van der Waals surface area contributed by atoms with Gasteiger partial charge >= 0.3 is 0 Å². The van der Waals surface area contributed by atoms with Crippen LogP contribution in [0.2, 0.25) is 0 Å². The lowest BCUT2D eigenvalue weighted by atomic mass is 10.1. The Morgan fingerprint density at radius 2 is 1.90 bits per heavy atom. The van der Waals surface area contributed by atoms with Gasteiger partial charge in [0.05, 0.1) is 27.9 Å². The van der Waals surface area contributed by atoms with Crippen LogP contribution in [0.25, 0.3) is 0 Å². The van der Waals surface area contributed by atoms with Crippen molar-refractivity contribution in [1.29, 1.82) is 5.26 Å². The molecule has 0 aliphatic heterocycles. The van der Waals surface area contributed by atoms with Crippen molar-refractivity contribution in [2.75, 3.05) is 26.0 Å². The van der Waals surface area contributed by atoms with Crippen molar-refractivity contribution in [2.24, 2.45) is 0 Å². The van der Waals surface area contributed by atoms with Gasteiger partial charge in [-0.05, 0) is 38.1 Å². The van der Waals surface area contributed by atoms with Gasteiger partial charge in [0.1, 0.15) is 0 Å². The summed E-state index contributed by atoms with van der Waals surface area (Å²) in [6, 6.07) is 7.91. The molecule has 0 heterocycles. The molecule has 0 amide bonds. The Hall–Kier alpha value is -1.42. The molecule has 0 radical (unpaired) electrons. The first-order valence-corrected chi connectivity index (χ1v) is 7.95. The maximum Gasteiger partial charge on any atom is 0.179 e. The Morgan fingerprint density at radius 3 is 2.40 bits per heavy atom. The molecule has 0 aromatic heterocycles. The van der Waals surface area contributed by atoms with Crippen LogP contribution in [0.4, 0.5) is 0 Å². The monoisotopic (exact) mass is 296 g/mol. The first-order valence-electron chi connectivity index (χ1n) is 6.29. The van der Waals surface area contributed by atoms with E-state index in [-0.39, 0.29) is 16.2 Å². The summed E-state index contributed by atoms with van der Waals surface area (Å²) in [5.74, 6) is 0.0126. The van der Waals surface area contributed by atoms with E-state index in [2.05, 4.69) is 5.32 Å². The first kappa shape index (κ1) is 16.6. The molecule has 0 aliphatic carbocycles. The van der Waals surface area contributed by atoms with Gasteiger partial charge in [-0.15, -0.1) is 0 Å². The molecule has 1 aromatic rings. The first-order chi connectivity index (χ1) is 9.30. The molecule has 1 aromatic carbocycles. The number of nitrogens with one attached hydrogen (secondary N) is 1. The predicted octanol–water partition coefficient (Wildman–Crippen LogP) is 1.35. The average molecular weight is 296 g/mol. The van der Waals surface area contributed by atoms with Crippen molar-refractivity contribution in [3.05, 3.63) is 29.8 Å². The number of nitriles is 1. The van der Waals surface area contributed by atoms with Crippen LogP contribution in [-0.4, -0.2) is 40.0 Å². The Morgan fingerprint density at radius 1 is 1.30 bits per heavy atom. The summed E-state index contributed by atoms with van der Waals surface area (Å²) in [7, 11) is -1.70. The third-order valence-electron chi connectivity index (χ3n) is 2.99. The normalized spacial score (nSPS) is 12.1. The fourth-order valence-electron chi connectivity index (χ4n) is 1.52. The van der Waals surface area contributed by atoms with Crippen LogP contribution in [0.15, 0.2) is 29.2 Å². The molecule has 1 rings (SSSR count). The van der Waals surface area contributed by atoms with Crippen LogP contribution >= 0.6 is 0 Å². The second-order valence-electron chi connectivity index (χ2n) is 5.10. The summed E-state index contributed by atoms with van der Waals surface area (Å²) in [6.45, 7) is 4.78. The van der Waals surface area contributed by atoms with Gasteiger partial charge in [-0.1, -0.05) is 0 Å². The maximum atomic E-state index is 12.1. The van der Waals surface area contributed by atoms with Crippen LogP contribution in [0, 0.1) is 11.3 Å². The third-order valence-corrected chi connectivity index (χ3v) is 4.73. The van der Waals surface area contributed by atoms with Crippen LogP contribution < -0.4 is 5.32 Å². The molecule has 0 spiro atoms. The van der Waals surface area contributed by atoms with Gasteiger partial charge < -0.3 is 10.1 Å². The van der Waals surface area contributed by atoms with Gasteiger partial charge in [0, 0.05) is 20.2 Å². The summed E-state index contributed by atoms with van der Waals surface area (Å²) in [6.07, 6.45) is 0. The number of methoxy groups -OCH3 is 1. The summed E-state index contributed by atoms with van der Waals surface area (Å²) >= 11 is 0. The molecule has 110 valence electrons. The molecular formula is C14H20N2O3S. The second kappa shape index (κ2) is 6.84. The second-order valence-corrected chi connectivity index (χ2v) is 7.20. The number of ether oxygens (including phenoxy) is 1. The smallest absolute Gasteiger partial charge is 0.179 e. The Bertz CT molecular complexity index is 571. The van der Waals surface area contributed by atoms with Gasteiger partial charge in [0.15, 0.2) is 9.84 Å². The van der Waals surface area contributed by atoms with Crippen molar-refractivity contribution in [3.8, 4) is 6.07 Å². The zero-order valence-electron chi connectivity index (χ0n) is 12.0. The molecule has 0 saturated heterocycles. The number of nitrogens with zero attached hydrogens (tertiary/aromatic N) is 1. The van der Waals surface area contributed by atoms with Crippen LogP contribution in [0.1, 0.15) is 19.4 Å². The van der Waals surface area contributed by atoms with Gasteiger partial charge in [-0.3, -0.25) is 0 Å². The van der Waals surface area contributed by atoms with Crippen molar-refractivity contribution in [1.82, 2.24) is 5.32 Å². The highest BCUT2D eigenvalue weighted by Crippen LogP contribution is 2.12. The zero-order valence-corrected chi connectivity index (χ0v) is 12.8. The number of sulfone groups is 1. The average Bonchev–Trinajstić information content (AvgIpc) is 2.44. The molecular weight excluding hydrogens is 276 g/mol. The predicted molar refractivity (Wildman–Crippen MR) is 77.2 cm³/mol. The van der Waals surface area contributed by atoms with E-state index in [4.69, 9.17) is 10.00 Å². The van der Waals surface area contributed by atoms with Crippen molar-refractivity contribution in [2.45, 2.75) is 24.3 Å². The number of rotatable bonds is 7. The Kier molecular flexibility index (Phi) is 5.69. The van der Waals surface area contributed by atoms with Crippen molar-refractivity contribution >= 4 is 9.84 Å². The lowest BCUT2D eigenvalue weighted by Crippen LogP contribution is -2.38. The molecule has 0 fully saturated rings. The molecule has 0 atom stereocenters. The number of benzene rings is 1. The minimum absolute atomic E-state index is 0.0126. The molecule has 0 saturated carbocycles. The van der Waals surface area contributed by atoms with Crippen molar-refractivity contribution in [3.63, 3.8) is 0 Å². The zero-order chi connectivity index (χ0) is 15.2. The van der Waals surface area contributed by atoms with E-state index >= 15 is 0 Å². The van der Waals surface area contributed by atoms with Crippen molar-refractivity contribution < 1.29 is 13.2 Å². The fraction of sp³-hybridized carbons (Fsp3) is 0.500. The number of hydrogen-bond donors (Lipinski definition) is 1. The standard InChI is InChI=1S/C14H20N2O3S/c1-14(2,19-3)11-16-8-9-20(17,18)13-6-4-12(10-15)5-7-13/h4-7,16H,8-9,11H2,1-3H3. The lowest BCUT2D eigenvalue weighted by Gasteiger charge is -2.23. The third kappa shape index (κ3) is 4.93. The minimum atomic E-state index is -3.32. The van der Waals surface area contributed by atoms with E-state index in [9.17, 15) is 8.42 Å². The van der Waals surface area contributed by atoms with Gasteiger partial charge in [0.25, 0.3) is 0 Å². The topological polar surface area (TPSA) is 79.2 Å². The molecule has 6 heteroatoms. The molecule has 0 bridgehead atoms. The van der Waals surface area contributed by atoms with E-state index in [0.717, 1.165) is 0 Å². The summed E-state index contributed by atoms with van der Waals surface area (Å²) in [5, 5.41) is 11.8. The largest absolute Gasteiger partial charge is 0.377 e. The molecule has 0 aliphatic rings. The van der Waals surface area contributed by atoms with E-state index in [0.29, 0.717) is 18.7 Å². The highest BCUT2D eigenvalue weighted by molar-refractivity contribution is 7.91. The Balaban J connectivity index is 2.56. The summed E-state index contributed by atoms with van der Waals surface area (Å²) in [4.78, 5) is 0.240. The fourth-order valence-corrected chi connectivity index (χ4v) is 2.72. The molecule has 0 unspecified atom stereocenters. The minimum Gasteiger partial charge on any atom is -0.377 e. The van der Waals surface area contributed by atoms with E-state index in [1.165, 1.54) is 24.3 Å². The van der Waals surface area contributed by atoms with E-state index in [1.807, 2.05) is 19.9 Å². The van der Waals surface area contributed by atoms with Gasteiger partial charge in [0.2, 0.25) is 0 Å². The van der Waals surface area contributed by atoms with E-state index in [1.54, 1.807) is 7.11 Å². The molecule has 5 nitrogen and oxygen atoms in total. The molecule has 20 heavy (non-hydrogen) atoms. The van der Waals surface area contributed by atoms with Gasteiger partial charge in [-0.25, -0.2) is 8.42 Å². The molecule has 1 N–H and O–H groups in total. The lowest BCUT2D eigenvalue weighted by molar-refractivity contribution is 0.0238. The highest BCUT2D eigenvalue weighted by Gasteiger charge is 2.17. The van der Waals surface area contributed by atoms with E-state index < -0.39 is 9.84 Å². The highest BCUT2D eigenvalue weighted by atomic mass is 32.2. The SMILES string of the molecule is COC(C)(C)CNCCS(=O)(=O)c1ccc(C#N)cc1.